The van der Waals surface area contributed by atoms with E-state index in [1.54, 1.807) is 0 Å². The molecule has 0 aliphatic carbocycles. The summed E-state index contributed by atoms with van der Waals surface area (Å²) in [5, 5.41) is 3.64. The quantitative estimate of drug-likeness (QED) is 0.834. The van der Waals surface area contributed by atoms with Crippen LogP contribution in [0.5, 0.6) is 0 Å². The predicted molar refractivity (Wildman–Crippen MR) is 75.9 cm³/mol. The predicted octanol–water partition coefficient (Wildman–Crippen LogP) is 2.41. The highest BCUT2D eigenvalue weighted by atomic mass is 16.5. The molecule has 0 saturated carbocycles. The summed E-state index contributed by atoms with van der Waals surface area (Å²) in [6.45, 7) is 12.4. The zero-order chi connectivity index (χ0) is 13.2. The maximum absolute atomic E-state index is 5.95. The molecule has 2 aliphatic heterocycles. The SMILES string of the molecule is CC1CCC(CN2CCCC2CNC(C)(C)C)O1. The lowest BCUT2D eigenvalue weighted by Gasteiger charge is -2.30. The van der Waals surface area contributed by atoms with Gasteiger partial charge in [-0.3, -0.25) is 4.90 Å². The zero-order valence-corrected chi connectivity index (χ0v) is 12.5. The minimum Gasteiger partial charge on any atom is -0.374 e. The van der Waals surface area contributed by atoms with Crippen LogP contribution in [0.4, 0.5) is 0 Å². The Morgan fingerprint density at radius 3 is 2.61 bits per heavy atom. The van der Waals surface area contributed by atoms with Gasteiger partial charge in [0, 0.05) is 24.7 Å². The summed E-state index contributed by atoms with van der Waals surface area (Å²) in [5.74, 6) is 0. The Bertz CT molecular complexity index is 262. The molecule has 0 spiro atoms. The van der Waals surface area contributed by atoms with Crippen molar-refractivity contribution in [2.24, 2.45) is 0 Å². The van der Waals surface area contributed by atoms with Crippen LogP contribution in [-0.2, 0) is 4.74 Å². The highest BCUT2D eigenvalue weighted by Crippen LogP contribution is 2.24. The summed E-state index contributed by atoms with van der Waals surface area (Å²) in [4.78, 5) is 2.64. The summed E-state index contributed by atoms with van der Waals surface area (Å²) >= 11 is 0. The number of hydrogen-bond acceptors (Lipinski definition) is 3. The molecule has 3 unspecified atom stereocenters. The van der Waals surface area contributed by atoms with Crippen molar-refractivity contribution in [1.29, 1.82) is 0 Å². The second-order valence-electron chi connectivity index (χ2n) is 7.07. The molecule has 3 atom stereocenters. The van der Waals surface area contributed by atoms with Crippen molar-refractivity contribution in [3.8, 4) is 0 Å². The summed E-state index contributed by atoms with van der Waals surface area (Å²) in [6.07, 6.45) is 6.13. The Hall–Kier alpha value is -0.120. The van der Waals surface area contributed by atoms with Crippen molar-refractivity contribution in [3.05, 3.63) is 0 Å². The maximum Gasteiger partial charge on any atom is 0.0706 e. The molecule has 18 heavy (non-hydrogen) atoms. The topological polar surface area (TPSA) is 24.5 Å². The summed E-state index contributed by atoms with van der Waals surface area (Å²) in [7, 11) is 0. The van der Waals surface area contributed by atoms with Gasteiger partial charge in [-0.05, 0) is 59.9 Å². The Morgan fingerprint density at radius 1 is 1.22 bits per heavy atom. The van der Waals surface area contributed by atoms with E-state index in [4.69, 9.17) is 4.74 Å². The molecule has 2 fully saturated rings. The van der Waals surface area contributed by atoms with E-state index < -0.39 is 0 Å². The lowest BCUT2D eigenvalue weighted by atomic mass is 10.1. The molecule has 106 valence electrons. The van der Waals surface area contributed by atoms with Crippen LogP contribution >= 0.6 is 0 Å². The first-order valence-electron chi connectivity index (χ1n) is 7.58. The van der Waals surface area contributed by atoms with Crippen LogP contribution in [0.15, 0.2) is 0 Å². The zero-order valence-electron chi connectivity index (χ0n) is 12.5. The van der Waals surface area contributed by atoms with Crippen molar-refractivity contribution in [3.63, 3.8) is 0 Å². The fourth-order valence-electron chi connectivity index (χ4n) is 3.07. The van der Waals surface area contributed by atoms with Crippen LogP contribution < -0.4 is 5.32 Å². The van der Waals surface area contributed by atoms with Gasteiger partial charge in [-0.15, -0.1) is 0 Å². The molecule has 2 rings (SSSR count). The third kappa shape index (κ3) is 4.22. The Kier molecular flexibility index (Phi) is 4.68. The van der Waals surface area contributed by atoms with Crippen molar-refractivity contribution >= 4 is 0 Å². The van der Waals surface area contributed by atoms with Gasteiger partial charge in [0.1, 0.15) is 0 Å². The Morgan fingerprint density at radius 2 is 2.00 bits per heavy atom. The molecule has 3 heteroatoms. The molecule has 1 N–H and O–H groups in total. The third-order valence-electron chi connectivity index (χ3n) is 4.13. The number of likely N-dealkylation sites (tertiary alicyclic amines) is 1. The molecule has 0 bridgehead atoms. The van der Waals surface area contributed by atoms with Crippen molar-refractivity contribution in [2.45, 2.75) is 77.2 Å². The molecule has 0 radical (unpaired) electrons. The van der Waals surface area contributed by atoms with E-state index in [9.17, 15) is 0 Å². The van der Waals surface area contributed by atoms with E-state index in [1.807, 2.05) is 0 Å². The van der Waals surface area contributed by atoms with E-state index in [2.05, 4.69) is 37.9 Å². The number of ether oxygens (including phenoxy) is 1. The van der Waals surface area contributed by atoms with Crippen LogP contribution in [-0.4, -0.2) is 48.3 Å². The fraction of sp³-hybridized carbons (Fsp3) is 1.00. The first kappa shape index (κ1) is 14.3. The second kappa shape index (κ2) is 5.89. The minimum atomic E-state index is 0.229. The van der Waals surface area contributed by atoms with E-state index in [1.165, 1.54) is 32.2 Å². The van der Waals surface area contributed by atoms with Crippen molar-refractivity contribution in [1.82, 2.24) is 10.2 Å². The Balaban J connectivity index is 1.77. The molecule has 0 amide bonds. The summed E-state index contributed by atoms with van der Waals surface area (Å²) in [6, 6.07) is 0.712. The van der Waals surface area contributed by atoms with Gasteiger partial charge in [0.05, 0.1) is 12.2 Å². The largest absolute Gasteiger partial charge is 0.374 e. The molecular formula is C15H30N2O. The molecule has 0 aromatic heterocycles. The standard InChI is InChI=1S/C15H30N2O/c1-12-7-8-14(18-12)11-17-9-5-6-13(17)10-16-15(2,3)4/h12-14,16H,5-11H2,1-4H3. The number of nitrogens with zero attached hydrogens (tertiary/aromatic N) is 1. The van der Waals surface area contributed by atoms with Gasteiger partial charge in [0.25, 0.3) is 0 Å². The first-order chi connectivity index (χ1) is 8.44. The van der Waals surface area contributed by atoms with Gasteiger partial charge in [0.15, 0.2) is 0 Å². The van der Waals surface area contributed by atoms with E-state index >= 15 is 0 Å². The van der Waals surface area contributed by atoms with Crippen molar-refractivity contribution < 1.29 is 4.74 Å². The average molecular weight is 254 g/mol. The average Bonchev–Trinajstić information content (AvgIpc) is 2.85. The van der Waals surface area contributed by atoms with Crippen LogP contribution in [0.2, 0.25) is 0 Å². The van der Waals surface area contributed by atoms with E-state index in [-0.39, 0.29) is 5.54 Å². The van der Waals surface area contributed by atoms with E-state index in [0.717, 1.165) is 13.1 Å². The smallest absolute Gasteiger partial charge is 0.0706 e. The molecular weight excluding hydrogens is 224 g/mol. The van der Waals surface area contributed by atoms with Gasteiger partial charge in [-0.1, -0.05) is 0 Å². The summed E-state index contributed by atoms with van der Waals surface area (Å²) in [5.41, 5.74) is 0.229. The van der Waals surface area contributed by atoms with Crippen LogP contribution in [0, 0.1) is 0 Å². The highest BCUT2D eigenvalue weighted by molar-refractivity contribution is 4.86. The molecule has 2 aliphatic rings. The molecule has 2 heterocycles. The monoisotopic (exact) mass is 254 g/mol. The van der Waals surface area contributed by atoms with Crippen LogP contribution in [0.1, 0.15) is 53.4 Å². The minimum absolute atomic E-state index is 0.229. The van der Waals surface area contributed by atoms with Crippen LogP contribution in [0.3, 0.4) is 0 Å². The number of rotatable bonds is 4. The number of nitrogens with one attached hydrogen (secondary N) is 1. The second-order valence-corrected chi connectivity index (χ2v) is 7.07. The van der Waals surface area contributed by atoms with Crippen LogP contribution in [0.25, 0.3) is 0 Å². The van der Waals surface area contributed by atoms with Gasteiger partial charge in [-0.2, -0.15) is 0 Å². The maximum atomic E-state index is 5.95. The lowest BCUT2D eigenvalue weighted by Crippen LogP contribution is -2.46. The molecule has 0 aromatic rings. The number of hydrogen-bond donors (Lipinski definition) is 1. The van der Waals surface area contributed by atoms with Gasteiger partial charge < -0.3 is 10.1 Å². The Labute approximate surface area is 112 Å². The van der Waals surface area contributed by atoms with Gasteiger partial charge in [0.2, 0.25) is 0 Å². The van der Waals surface area contributed by atoms with Gasteiger partial charge in [-0.25, -0.2) is 0 Å². The first-order valence-corrected chi connectivity index (χ1v) is 7.58. The van der Waals surface area contributed by atoms with Gasteiger partial charge >= 0.3 is 0 Å². The molecule has 2 saturated heterocycles. The molecule has 0 aromatic carbocycles. The molecule has 3 nitrogen and oxygen atoms in total. The normalized spacial score (nSPS) is 34.3. The lowest BCUT2D eigenvalue weighted by molar-refractivity contribution is 0.0283. The summed E-state index contributed by atoms with van der Waals surface area (Å²) < 4.78 is 5.95. The fourth-order valence-corrected chi connectivity index (χ4v) is 3.07. The third-order valence-corrected chi connectivity index (χ3v) is 4.13. The highest BCUT2D eigenvalue weighted by Gasteiger charge is 2.30. The van der Waals surface area contributed by atoms with Crippen molar-refractivity contribution in [2.75, 3.05) is 19.6 Å². The van der Waals surface area contributed by atoms with E-state index in [0.29, 0.717) is 18.2 Å².